The maximum atomic E-state index is 12.8. The SMILES string of the molecule is O=C(Cc1ccc(F)cc1)N1CCOCC1CO. The lowest BCUT2D eigenvalue weighted by Gasteiger charge is -2.34. The van der Waals surface area contributed by atoms with Crippen molar-refractivity contribution in [3.05, 3.63) is 35.6 Å². The Morgan fingerprint density at radius 1 is 1.44 bits per heavy atom. The molecule has 0 aromatic heterocycles. The van der Waals surface area contributed by atoms with Crippen LogP contribution in [0.1, 0.15) is 5.56 Å². The van der Waals surface area contributed by atoms with E-state index in [2.05, 4.69) is 0 Å². The topological polar surface area (TPSA) is 49.8 Å². The smallest absolute Gasteiger partial charge is 0.227 e. The number of nitrogens with zero attached hydrogens (tertiary/aromatic N) is 1. The highest BCUT2D eigenvalue weighted by Crippen LogP contribution is 2.11. The monoisotopic (exact) mass is 253 g/mol. The predicted molar refractivity (Wildman–Crippen MR) is 63.5 cm³/mol. The number of aliphatic hydroxyl groups is 1. The van der Waals surface area contributed by atoms with Crippen LogP contribution in [-0.2, 0) is 16.0 Å². The molecule has 1 N–H and O–H groups in total. The number of ether oxygens (including phenoxy) is 1. The highest BCUT2D eigenvalue weighted by atomic mass is 19.1. The minimum absolute atomic E-state index is 0.0658. The first-order valence-electron chi connectivity index (χ1n) is 5.93. The molecule has 18 heavy (non-hydrogen) atoms. The molecule has 1 fully saturated rings. The van der Waals surface area contributed by atoms with Gasteiger partial charge in [-0.05, 0) is 17.7 Å². The van der Waals surface area contributed by atoms with Gasteiger partial charge < -0.3 is 14.7 Å². The first-order valence-corrected chi connectivity index (χ1v) is 5.93. The van der Waals surface area contributed by atoms with Crippen LogP contribution >= 0.6 is 0 Å². The molecule has 1 atom stereocenters. The number of benzene rings is 1. The molecular weight excluding hydrogens is 237 g/mol. The molecule has 0 radical (unpaired) electrons. The van der Waals surface area contributed by atoms with Crippen LogP contribution in [0.4, 0.5) is 4.39 Å². The van der Waals surface area contributed by atoms with E-state index in [-0.39, 0.29) is 30.8 Å². The number of halogens is 1. The van der Waals surface area contributed by atoms with E-state index in [9.17, 15) is 14.3 Å². The van der Waals surface area contributed by atoms with E-state index in [0.29, 0.717) is 19.8 Å². The number of rotatable bonds is 3. The Morgan fingerprint density at radius 3 is 2.83 bits per heavy atom. The minimum Gasteiger partial charge on any atom is -0.394 e. The van der Waals surface area contributed by atoms with Gasteiger partial charge in [-0.25, -0.2) is 4.39 Å². The summed E-state index contributed by atoms with van der Waals surface area (Å²) in [5, 5.41) is 9.19. The zero-order valence-corrected chi connectivity index (χ0v) is 10.0. The van der Waals surface area contributed by atoms with Gasteiger partial charge in [0.05, 0.1) is 32.3 Å². The van der Waals surface area contributed by atoms with Crippen molar-refractivity contribution in [3.8, 4) is 0 Å². The Labute approximate surface area is 105 Å². The Kier molecular flexibility index (Phi) is 4.28. The molecular formula is C13H16FNO3. The highest BCUT2D eigenvalue weighted by Gasteiger charge is 2.26. The molecule has 98 valence electrons. The van der Waals surface area contributed by atoms with E-state index >= 15 is 0 Å². The summed E-state index contributed by atoms with van der Waals surface area (Å²) >= 11 is 0. The van der Waals surface area contributed by atoms with E-state index in [0.717, 1.165) is 5.56 Å². The molecule has 1 aliphatic heterocycles. The number of aliphatic hydroxyl groups excluding tert-OH is 1. The summed E-state index contributed by atoms with van der Waals surface area (Å²) in [7, 11) is 0. The van der Waals surface area contributed by atoms with Crippen LogP contribution in [0.5, 0.6) is 0 Å². The number of morpholine rings is 1. The fourth-order valence-electron chi connectivity index (χ4n) is 2.01. The molecule has 1 aromatic carbocycles. The van der Waals surface area contributed by atoms with Gasteiger partial charge in [0.25, 0.3) is 0 Å². The van der Waals surface area contributed by atoms with E-state index in [1.807, 2.05) is 0 Å². The van der Waals surface area contributed by atoms with Crippen molar-refractivity contribution in [1.82, 2.24) is 4.90 Å². The summed E-state index contributed by atoms with van der Waals surface area (Å²) in [4.78, 5) is 13.7. The number of hydrogen-bond donors (Lipinski definition) is 1. The first-order chi connectivity index (χ1) is 8.70. The van der Waals surface area contributed by atoms with Crippen LogP contribution in [0, 0.1) is 5.82 Å². The molecule has 1 heterocycles. The lowest BCUT2D eigenvalue weighted by atomic mass is 10.1. The van der Waals surface area contributed by atoms with E-state index in [1.54, 1.807) is 17.0 Å². The maximum Gasteiger partial charge on any atom is 0.227 e. The highest BCUT2D eigenvalue weighted by molar-refractivity contribution is 5.79. The molecule has 1 unspecified atom stereocenters. The van der Waals surface area contributed by atoms with Gasteiger partial charge in [0.15, 0.2) is 0 Å². The molecule has 0 bridgehead atoms. The van der Waals surface area contributed by atoms with Crippen molar-refractivity contribution in [1.29, 1.82) is 0 Å². The average Bonchev–Trinajstić information content (AvgIpc) is 2.41. The quantitative estimate of drug-likeness (QED) is 0.857. The summed E-state index contributed by atoms with van der Waals surface area (Å²) < 4.78 is 18.0. The third-order valence-electron chi connectivity index (χ3n) is 3.03. The lowest BCUT2D eigenvalue weighted by molar-refractivity contribution is -0.140. The van der Waals surface area contributed by atoms with Gasteiger partial charge in [0.1, 0.15) is 5.82 Å². The second-order valence-electron chi connectivity index (χ2n) is 4.30. The van der Waals surface area contributed by atoms with Crippen molar-refractivity contribution in [2.45, 2.75) is 12.5 Å². The largest absolute Gasteiger partial charge is 0.394 e. The standard InChI is InChI=1S/C13H16FNO3/c14-11-3-1-10(2-4-11)7-13(17)15-5-6-18-9-12(15)8-16/h1-4,12,16H,5-9H2. The number of amides is 1. The van der Waals surface area contributed by atoms with Crippen LogP contribution in [0.15, 0.2) is 24.3 Å². The molecule has 0 saturated carbocycles. The molecule has 4 nitrogen and oxygen atoms in total. The van der Waals surface area contributed by atoms with Crippen molar-refractivity contribution in [2.75, 3.05) is 26.4 Å². The van der Waals surface area contributed by atoms with Crippen LogP contribution < -0.4 is 0 Å². The average molecular weight is 253 g/mol. The van der Waals surface area contributed by atoms with Crippen LogP contribution in [-0.4, -0.2) is 48.3 Å². The number of carbonyl (C=O) groups is 1. The van der Waals surface area contributed by atoms with Crippen LogP contribution in [0.3, 0.4) is 0 Å². The van der Waals surface area contributed by atoms with Gasteiger partial charge in [-0.15, -0.1) is 0 Å². The molecule has 0 spiro atoms. The molecule has 0 aliphatic carbocycles. The van der Waals surface area contributed by atoms with Gasteiger partial charge in [-0.2, -0.15) is 0 Å². The van der Waals surface area contributed by atoms with Crippen molar-refractivity contribution >= 4 is 5.91 Å². The van der Waals surface area contributed by atoms with Crippen molar-refractivity contribution in [2.24, 2.45) is 0 Å². The number of hydrogen-bond acceptors (Lipinski definition) is 3. The van der Waals surface area contributed by atoms with Crippen molar-refractivity contribution < 1.29 is 19.0 Å². The number of carbonyl (C=O) groups excluding carboxylic acids is 1. The normalized spacial score (nSPS) is 19.9. The van der Waals surface area contributed by atoms with Crippen LogP contribution in [0.25, 0.3) is 0 Å². The molecule has 1 aliphatic rings. The summed E-state index contributed by atoms with van der Waals surface area (Å²) in [6.45, 7) is 1.25. The Hall–Kier alpha value is -1.46. The molecule has 1 amide bonds. The third-order valence-corrected chi connectivity index (χ3v) is 3.03. The fraction of sp³-hybridized carbons (Fsp3) is 0.462. The lowest BCUT2D eigenvalue weighted by Crippen LogP contribution is -2.51. The second-order valence-corrected chi connectivity index (χ2v) is 4.30. The summed E-state index contributed by atoms with van der Waals surface area (Å²) in [6, 6.07) is 5.60. The first kappa shape index (κ1) is 13.0. The van der Waals surface area contributed by atoms with Gasteiger partial charge in [-0.1, -0.05) is 12.1 Å². The second kappa shape index (κ2) is 5.93. The molecule has 1 saturated heterocycles. The Bertz CT molecular complexity index is 407. The Balaban J connectivity index is 2.00. The summed E-state index contributed by atoms with van der Waals surface area (Å²) in [5.41, 5.74) is 0.768. The third kappa shape index (κ3) is 3.05. The Morgan fingerprint density at radius 2 is 2.17 bits per heavy atom. The maximum absolute atomic E-state index is 12.8. The molecule has 1 aromatic rings. The molecule has 2 rings (SSSR count). The van der Waals surface area contributed by atoms with E-state index in [1.165, 1.54) is 12.1 Å². The summed E-state index contributed by atoms with van der Waals surface area (Å²) in [5.74, 6) is -0.380. The predicted octanol–water partition coefficient (Wildman–Crippen LogP) is 0.588. The van der Waals surface area contributed by atoms with Gasteiger partial charge in [0.2, 0.25) is 5.91 Å². The van der Waals surface area contributed by atoms with Crippen LogP contribution in [0.2, 0.25) is 0 Å². The zero-order valence-electron chi connectivity index (χ0n) is 10.0. The molecule has 5 heteroatoms. The van der Waals surface area contributed by atoms with E-state index in [4.69, 9.17) is 4.74 Å². The minimum atomic E-state index is -0.314. The van der Waals surface area contributed by atoms with Gasteiger partial charge in [-0.3, -0.25) is 4.79 Å². The van der Waals surface area contributed by atoms with E-state index < -0.39 is 0 Å². The van der Waals surface area contributed by atoms with Crippen molar-refractivity contribution in [3.63, 3.8) is 0 Å². The van der Waals surface area contributed by atoms with Gasteiger partial charge >= 0.3 is 0 Å². The fourth-order valence-corrected chi connectivity index (χ4v) is 2.01. The summed E-state index contributed by atoms with van der Waals surface area (Å²) in [6.07, 6.45) is 0.219. The zero-order chi connectivity index (χ0) is 13.0. The van der Waals surface area contributed by atoms with Gasteiger partial charge in [0, 0.05) is 6.54 Å².